The molecule has 0 aliphatic carbocycles. The lowest BCUT2D eigenvalue weighted by Crippen LogP contribution is -2.21. The van der Waals surface area contributed by atoms with Gasteiger partial charge in [0, 0.05) is 18.6 Å². The number of hydrogen-bond acceptors (Lipinski definition) is 5. The lowest BCUT2D eigenvalue weighted by Gasteiger charge is -2.26. The number of ketones is 1. The largest absolute Gasteiger partial charge is 0.497 e. The SMILES string of the molecule is COc1ccc2c(c1)OC(c1ccccc1OC(C)=O)CC2=O. The summed E-state index contributed by atoms with van der Waals surface area (Å²) in [5.74, 6) is 1.07. The van der Waals surface area contributed by atoms with Crippen LogP contribution in [0.4, 0.5) is 0 Å². The number of esters is 1. The topological polar surface area (TPSA) is 61.8 Å². The van der Waals surface area contributed by atoms with Gasteiger partial charge in [0.05, 0.1) is 19.1 Å². The van der Waals surface area contributed by atoms with Crippen LogP contribution in [0.3, 0.4) is 0 Å². The van der Waals surface area contributed by atoms with Crippen molar-refractivity contribution in [3.8, 4) is 17.2 Å². The fraction of sp³-hybridized carbons (Fsp3) is 0.222. The summed E-state index contributed by atoms with van der Waals surface area (Å²) < 4.78 is 16.3. The number of carbonyl (C=O) groups is 2. The summed E-state index contributed by atoms with van der Waals surface area (Å²) in [5.41, 5.74) is 1.21. The first-order chi connectivity index (χ1) is 11.1. The molecule has 2 aromatic carbocycles. The maximum atomic E-state index is 12.4. The molecule has 0 radical (unpaired) electrons. The van der Waals surface area contributed by atoms with Crippen LogP contribution in [0.15, 0.2) is 42.5 Å². The Morgan fingerprint density at radius 3 is 2.74 bits per heavy atom. The van der Waals surface area contributed by atoms with Crippen LogP contribution in [-0.2, 0) is 4.79 Å². The fourth-order valence-corrected chi connectivity index (χ4v) is 2.60. The first-order valence-corrected chi connectivity index (χ1v) is 7.23. The second-order valence-electron chi connectivity index (χ2n) is 5.23. The molecule has 5 nitrogen and oxygen atoms in total. The van der Waals surface area contributed by atoms with Crippen molar-refractivity contribution < 1.29 is 23.8 Å². The predicted octanol–water partition coefficient (Wildman–Crippen LogP) is 3.33. The van der Waals surface area contributed by atoms with E-state index >= 15 is 0 Å². The molecule has 23 heavy (non-hydrogen) atoms. The normalized spacial score (nSPS) is 16.3. The van der Waals surface area contributed by atoms with Gasteiger partial charge in [0.1, 0.15) is 23.4 Å². The highest BCUT2D eigenvalue weighted by Gasteiger charge is 2.30. The van der Waals surface area contributed by atoms with E-state index in [9.17, 15) is 9.59 Å². The number of rotatable bonds is 3. The first kappa shape index (κ1) is 15.1. The number of hydrogen-bond donors (Lipinski definition) is 0. The third-order valence-electron chi connectivity index (χ3n) is 3.65. The monoisotopic (exact) mass is 312 g/mol. The van der Waals surface area contributed by atoms with Crippen LogP contribution in [0, 0.1) is 0 Å². The Kier molecular flexibility index (Phi) is 4.02. The van der Waals surface area contributed by atoms with Crippen molar-refractivity contribution in [1.82, 2.24) is 0 Å². The Balaban J connectivity index is 1.97. The van der Waals surface area contributed by atoms with Gasteiger partial charge in [-0.15, -0.1) is 0 Å². The average Bonchev–Trinajstić information content (AvgIpc) is 2.54. The van der Waals surface area contributed by atoms with E-state index in [1.165, 1.54) is 6.92 Å². The number of para-hydroxylation sites is 1. The van der Waals surface area contributed by atoms with E-state index in [1.54, 1.807) is 43.5 Å². The van der Waals surface area contributed by atoms with Crippen molar-refractivity contribution >= 4 is 11.8 Å². The van der Waals surface area contributed by atoms with Gasteiger partial charge >= 0.3 is 5.97 Å². The number of Topliss-reactive ketones (excluding diaryl/α,β-unsaturated/α-hetero) is 1. The maximum absolute atomic E-state index is 12.4. The summed E-state index contributed by atoms with van der Waals surface area (Å²) in [5, 5.41) is 0. The molecule has 5 heteroatoms. The molecule has 0 saturated heterocycles. The van der Waals surface area contributed by atoms with E-state index in [4.69, 9.17) is 14.2 Å². The second-order valence-corrected chi connectivity index (χ2v) is 5.23. The van der Waals surface area contributed by atoms with E-state index in [2.05, 4.69) is 0 Å². The number of fused-ring (bicyclic) bond motifs is 1. The van der Waals surface area contributed by atoms with Crippen LogP contribution < -0.4 is 14.2 Å². The van der Waals surface area contributed by atoms with Crippen molar-refractivity contribution in [3.05, 3.63) is 53.6 Å². The van der Waals surface area contributed by atoms with Crippen molar-refractivity contribution in [1.29, 1.82) is 0 Å². The molecule has 0 N–H and O–H groups in total. The van der Waals surface area contributed by atoms with Crippen LogP contribution >= 0.6 is 0 Å². The highest BCUT2D eigenvalue weighted by atomic mass is 16.5. The van der Waals surface area contributed by atoms with Crippen molar-refractivity contribution in [2.24, 2.45) is 0 Å². The summed E-state index contributed by atoms with van der Waals surface area (Å²) in [6.07, 6.45) is -0.310. The van der Waals surface area contributed by atoms with Gasteiger partial charge in [-0.2, -0.15) is 0 Å². The third-order valence-corrected chi connectivity index (χ3v) is 3.65. The summed E-state index contributed by atoms with van der Waals surface area (Å²) in [4.78, 5) is 23.6. The Morgan fingerprint density at radius 1 is 1.22 bits per heavy atom. The van der Waals surface area contributed by atoms with E-state index in [-0.39, 0.29) is 12.2 Å². The average molecular weight is 312 g/mol. The Labute approximate surface area is 133 Å². The minimum absolute atomic E-state index is 0.0171. The molecule has 0 aromatic heterocycles. The fourth-order valence-electron chi connectivity index (χ4n) is 2.60. The molecule has 1 unspecified atom stereocenters. The predicted molar refractivity (Wildman–Crippen MR) is 83.1 cm³/mol. The molecule has 1 atom stereocenters. The van der Waals surface area contributed by atoms with E-state index < -0.39 is 12.1 Å². The van der Waals surface area contributed by atoms with Gasteiger partial charge in [-0.05, 0) is 18.2 Å². The van der Waals surface area contributed by atoms with Gasteiger partial charge in [0.2, 0.25) is 0 Å². The number of methoxy groups -OCH3 is 1. The van der Waals surface area contributed by atoms with Gasteiger partial charge in [-0.3, -0.25) is 9.59 Å². The molecular formula is C18H16O5. The minimum atomic E-state index is -0.502. The first-order valence-electron chi connectivity index (χ1n) is 7.23. The molecule has 1 aliphatic rings. The number of carbonyl (C=O) groups excluding carboxylic acids is 2. The van der Waals surface area contributed by atoms with E-state index in [0.29, 0.717) is 28.4 Å². The maximum Gasteiger partial charge on any atom is 0.308 e. The molecule has 0 fully saturated rings. The second kappa shape index (κ2) is 6.12. The Morgan fingerprint density at radius 2 is 2.00 bits per heavy atom. The van der Waals surface area contributed by atoms with Crippen LogP contribution in [0.5, 0.6) is 17.2 Å². The number of ether oxygens (including phenoxy) is 3. The minimum Gasteiger partial charge on any atom is -0.497 e. The highest BCUT2D eigenvalue weighted by molar-refractivity contribution is 6.00. The van der Waals surface area contributed by atoms with Crippen LogP contribution in [0.1, 0.15) is 35.4 Å². The van der Waals surface area contributed by atoms with Crippen LogP contribution in [-0.4, -0.2) is 18.9 Å². The Hall–Kier alpha value is -2.82. The van der Waals surface area contributed by atoms with Crippen LogP contribution in [0.25, 0.3) is 0 Å². The molecule has 0 bridgehead atoms. The molecule has 0 spiro atoms. The molecule has 3 rings (SSSR count). The van der Waals surface area contributed by atoms with Gasteiger partial charge in [0.15, 0.2) is 5.78 Å². The van der Waals surface area contributed by atoms with E-state index in [1.807, 2.05) is 6.07 Å². The van der Waals surface area contributed by atoms with Crippen molar-refractivity contribution in [3.63, 3.8) is 0 Å². The van der Waals surface area contributed by atoms with Gasteiger partial charge < -0.3 is 14.2 Å². The third kappa shape index (κ3) is 3.04. The van der Waals surface area contributed by atoms with Gasteiger partial charge in [-0.25, -0.2) is 0 Å². The molecule has 1 aliphatic heterocycles. The zero-order chi connectivity index (χ0) is 16.4. The number of benzene rings is 2. The zero-order valence-electron chi connectivity index (χ0n) is 12.9. The van der Waals surface area contributed by atoms with E-state index in [0.717, 1.165) is 0 Å². The standard InChI is InChI=1S/C18H16O5/c1-11(19)22-16-6-4-3-5-14(16)18-10-15(20)13-8-7-12(21-2)9-17(13)23-18/h3-9,18H,10H2,1-2H3. The molecule has 2 aromatic rings. The lowest BCUT2D eigenvalue weighted by atomic mass is 9.95. The molecule has 118 valence electrons. The molecule has 0 saturated carbocycles. The molecular weight excluding hydrogens is 296 g/mol. The van der Waals surface area contributed by atoms with Crippen LogP contribution in [0.2, 0.25) is 0 Å². The van der Waals surface area contributed by atoms with Gasteiger partial charge in [-0.1, -0.05) is 18.2 Å². The molecule has 0 amide bonds. The van der Waals surface area contributed by atoms with Crippen molar-refractivity contribution in [2.45, 2.75) is 19.4 Å². The molecule has 1 heterocycles. The van der Waals surface area contributed by atoms with Crippen molar-refractivity contribution in [2.75, 3.05) is 7.11 Å². The summed E-state index contributed by atoms with van der Waals surface area (Å²) in [7, 11) is 1.56. The summed E-state index contributed by atoms with van der Waals surface area (Å²) >= 11 is 0. The zero-order valence-corrected chi connectivity index (χ0v) is 12.9. The highest BCUT2D eigenvalue weighted by Crippen LogP contribution is 2.39. The lowest BCUT2D eigenvalue weighted by molar-refractivity contribution is -0.131. The summed E-state index contributed by atoms with van der Waals surface area (Å²) in [6.45, 7) is 1.34. The summed E-state index contributed by atoms with van der Waals surface area (Å²) in [6, 6.07) is 12.2. The quantitative estimate of drug-likeness (QED) is 0.642. The van der Waals surface area contributed by atoms with Gasteiger partial charge in [0.25, 0.3) is 0 Å². The Bertz CT molecular complexity index is 766. The smallest absolute Gasteiger partial charge is 0.308 e.